The average Bonchev–Trinajstić information content (AvgIpc) is 2.85. The third kappa shape index (κ3) is 6.76. The maximum Gasteiger partial charge on any atom is 0.341 e. The van der Waals surface area contributed by atoms with Gasteiger partial charge in [0.25, 0.3) is 0 Å². The van der Waals surface area contributed by atoms with Crippen LogP contribution in [0.2, 0.25) is 0 Å². The Labute approximate surface area is 154 Å². The third-order valence-corrected chi connectivity index (χ3v) is 5.25. The van der Waals surface area contributed by atoms with Crippen molar-refractivity contribution in [3.05, 3.63) is 16.0 Å². The van der Waals surface area contributed by atoms with Crippen LogP contribution < -0.4 is 10.6 Å². The first-order chi connectivity index (χ1) is 11.9. The maximum atomic E-state index is 12.1. The molecule has 0 bridgehead atoms. The fourth-order valence-corrected chi connectivity index (χ4v) is 3.57. The quantitative estimate of drug-likeness (QED) is 0.464. The molecule has 0 aliphatic heterocycles. The van der Waals surface area contributed by atoms with E-state index in [0.29, 0.717) is 17.2 Å². The third-order valence-electron chi connectivity index (χ3n) is 4.13. The second kappa shape index (κ2) is 11.2. The van der Waals surface area contributed by atoms with Crippen molar-refractivity contribution < 1.29 is 14.3 Å². The van der Waals surface area contributed by atoms with Crippen molar-refractivity contribution in [3.8, 4) is 0 Å². The molecular weight excluding hydrogens is 338 g/mol. The van der Waals surface area contributed by atoms with E-state index in [9.17, 15) is 9.59 Å². The summed E-state index contributed by atoms with van der Waals surface area (Å²) in [5.41, 5.74) is 1.34. The fraction of sp³-hybridized carbons (Fsp3) is 0.667. The van der Waals surface area contributed by atoms with Crippen LogP contribution in [0.5, 0.6) is 0 Å². The molecule has 0 aromatic carbocycles. The summed E-state index contributed by atoms with van der Waals surface area (Å²) >= 11 is 1.41. The van der Waals surface area contributed by atoms with Gasteiger partial charge in [-0.2, -0.15) is 0 Å². The largest absolute Gasteiger partial charge is 0.462 e. The molecule has 1 amide bonds. The minimum Gasteiger partial charge on any atom is -0.462 e. The number of ether oxygens (including phenoxy) is 1. The van der Waals surface area contributed by atoms with Gasteiger partial charge in [0.15, 0.2) is 0 Å². The standard InChI is InChI=1S/C18H31N3O3S/c1-6-21(7-2)11-9-10-19-12-15(22)20-17-16(18(23)24-8-3)13(4)14(5)25-17/h19H,6-12H2,1-5H3,(H,20,22). The Balaban J connectivity index is 2.49. The Morgan fingerprint density at radius 3 is 2.44 bits per heavy atom. The van der Waals surface area contributed by atoms with Crippen LogP contribution >= 0.6 is 11.3 Å². The molecule has 0 spiro atoms. The summed E-state index contributed by atoms with van der Waals surface area (Å²) in [4.78, 5) is 27.6. The van der Waals surface area contributed by atoms with Gasteiger partial charge in [0, 0.05) is 4.88 Å². The minimum atomic E-state index is -0.383. The van der Waals surface area contributed by atoms with Crippen LogP contribution in [0, 0.1) is 13.8 Å². The molecule has 25 heavy (non-hydrogen) atoms. The van der Waals surface area contributed by atoms with Crippen LogP contribution in [0.15, 0.2) is 0 Å². The van der Waals surface area contributed by atoms with E-state index in [0.717, 1.165) is 43.0 Å². The van der Waals surface area contributed by atoms with E-state index in [2.05, 4.69) is 29.4 Å². The van der Waals surface area contributed by atoms with Crippen molar-refractivity contribution in [3.63, 3.8) is 0 Å². The van der Waals surface area contributed by atoms with Crippen LogP contribution in [0.1, 0.15) is 48.0 Å². The fourth-order valence-electron chi connectivity index (χ4n) is 2.50. The van der Waals surface area contributed by atoms with Crippen molar-refractivity contribution in [2.45, 2.75) is 41.0 Å². The van der Waals surface area contributed by atoms with Crippen LogP contribution in [-0.2, 0) is 9.53 Å². The Bertz CT molecular complexity index is 568. The zero-order chi connectivity index (χ0) is 18.8. The van der Waals surface area contributed by atoms with Gasteiger partial charge in [-0.3, -0.25) is 4.79 Å². The number of nitrogens with one attached hydrogen (secondary N) is 2. The number of carbonyl (C=O) groups excluding carboxylic acids is 2. The summed E-state index contributed by atoms with van der Waals surface area (Å²) in [7, 11) is 0. The molecule has 0 saturated carbocycles. The molecule has 1 aromatic rings. The predicted octanol–water partition coefficient (Wildman–Crippen LogP) is 2.80. The zero-order valence-corrected chi connectivity index (χ0v) is 16.8. The highest BCUT2D eigenvalue weighted by Crippen LogP contribution is 2.32. The zero-order valence-electron chi connectivity index (χ0n) is 16.0. The molecule has 1 heterocycles. The molecule has 1 aromatic heterocycles. The van der Waals surface area contributed by atoms with E-state index in [4.69, 9.17) is 4.74 Å². The molecule has 6 nitrogen and oxygen atoms in total. The number of aryl methyl sites for hydroxylation is 1. The summed E-state index contributed by atoms with van der Waals surface area (Å²) in [6.45, 7) is 14.3. The van der Waals surface area contributed by atoms with Gasteiger partial charge in [-0.25, -0.2) is 4.79 Å². The lowest BCUT2D eigenvalue weighted by atomic mass is 10.1. The van der Waals surface area contributed by atoms with Crippen molar-refractivity contribution in [2.75, 3.05) is 44.6 Å². The molecule has 142 valence electrons. The van der Waals surface area contributed by atoms with Gasteiger partial charge in [-0.15, -0.1) is 11.3 Å². The molecule has 0 atom stereocenters. The highest BCUT2D eigenvalue weighted by molar-refractivity contribution is 7.16. The normalized spacial score (nSPS) is 11.0. The topological polar surface area (TPSA) is 70.7 Å². The van der Waals surface area contributed by atoms with E-state index >= 15 is 0 Å². The highest BCUT2D eigenvalue weighted by atomic mass is 32.1. The van der Waals surface area contributed by atoms with Gasteiger partial charge in [-0.05, 0) is 58.9 Å². The molecule has 2 N–H and O–H groups in total. The summed E-state index contributed by atoms with van der Waals surface area (Å²) in [5.74, 6) is -0.526. The van der Waals surface area contributed by atoms with Gasteiger partial charge >= 0.3 is 5.97 Å². The SMILES string of the molecule is CCOC(=O)c1c(NC(=O)CNCCCN(CC)CC)sc(C)c1C. The molecule has 7 heteroatoms. The van der Waals surface area contributed by atoms with E-state index in [1.165, 1.54) is 11.3 Å². The molecule has 0 fully saturated rings. The molecule has 0 aliphatic rings. The first-order valence-corrected chi connectivity index (χ1v) is 9.76. The Morgan fingerprint density at radius 2 is 1.84 bits per heavy atom. The van der Waals surface area contributed by atoms with Gasteiger partial charge in [0.05, 0.1) is 18.7 Å². The van der Waals surface area contributed by atoms with E-state index in [1.54, 1.807) is 6.92 Å². The number of carbonyl (C=O) groups is 2. The van der Waals surface area contributed by atoms with Gasteiger partial charge < -0.3 is 20.3 Å². The van der Waals surface area contributed by atoms with Gasteiger partial charge in [0.1, 0.15) is 5.00 Å². The summed E-state index contributed by atoms with van der Waals surface area (Å²) in [5, 5.41) is 6.57. The Hall–Kier alpha value is -1.44. The van der Waals surface area contributed by atoms with Crippen LogP contribution in [0.4, 0.5) is 5.00 Å². The molecule has 0 unspecified atom stereocenters. The van der Waals surface area contributed by atoms with E-state index in [-0.39, 0.29) is 18.4 Å². The van der Waals surface area contributed by atoms with Gasteiger partial charge in [0.2, 0.25) is 5.91 Å². The molecule has 0 saturated heterocycles. The van der Waals surface area contributed by atoms with Crippen molar-refractivity contribution in [2.24, 2.45) is 0 Å². The number of hydrogen-bond acceptors (Lipinski definition) is 6. The lowest BCUT2D eigenvalue weighted by molar-refractivity contribution is -0.115. The number of thiophene rings is 1. The van der Waals surface area contributed by atoms with E-state index in [1.807, 2.05) is 13.8 Å². The number of rotatable bonds is 11. The van der Waals surface area contributed by atoms with E-state index < -0.39 is 0 Å². The Morgan fingerprint density at radius 1 is 1.16 bits per heavy atom. The van der Waals surface area contributed by atoms with Crippen LogP contribution in [0.3, 0.4) is 0 Å². The molecular formula is C18H31N3O3S. The second-order valence-corrected chi connectivity index (χ2v) is 7.04. The number of hydrogen-bond donors (Lipinski definition) is 2. The molecule has 0 aliphatic carbocycles. The number of esters is 1. The smallest absolute Gasteiger partial charge is 0.341 e. The lowest BCUT2D eigenvalue weighted by Crippen LogP contribution is -2.31. The summed E-state index contributed by atoms with van der Waals surface area (Å²) < 4.78 is 5.10. The van der Waals surface area contributed by atoms with Crippen molar-refractivity contribution >= 4 is 28.2 Å². The van der Waals surface area contributed by atoms with Crippen LogP contribution in [0.25, 0.3) is 0 Å². The van der Waals surface area contributed by atoms with Crippen molar-refractivity contribution in [1.29, 1.82) is 0 Å². The Kier molecular flexibility index (Phi) is 9.70. The summed E-state index contributed by atoms with van der Waals surface area (Å²) in [6, 6.07) is 0. The van der Waals surface area contributed by atoms with Gasteiger partial charge in [-0.1, -0.05) is 13.8 Å². The number of amides is 1. The number of anilines is 1. The first kappa shape index (κ1) is 21.6. The predicted molar refractivity (Wildman–Crippen MR) is 104 cm³/mol. The monoisotopic (exact) mass is 369 g/mol. The second-order valence-electron chi connectivity index (χ2n) is 5.81. The van der Waals surface area contributed by atoms with Crippen LogP contribution in [-0.4, -0.2) is 56.1 Å². The minimum absolute atomic E-state index is 0.144. The molecule has 0 radical (unpaired) electrons. The maximum absolute atomic E-state index is 12.1. The highest BCUT2D eigenvalue weighted by Gasteiger charge is 2.21. The lowest BCUT2D eigenvalue weighted by Gasteiger charge is -2.17. The summed E-state index contributed by atoms with van der Waals surface area (Å²) in [6.07, 6.45) is 1.00. The van der Waals surface area contributed by atoms with Crippen molar-refractivity contribution in [1.82, 2.24) is 10.2 Å². The first-order valence-electron chi connectivity index (χ1n) is 8.94. The number of nitrogens with zero attached hydrogens (tertiary/aromatic N) is 1. The molecule has 1 rings (SSSR count). The average molecular weight is 370 g/mol.